The monoisotopic (exact) mass is 1160 g/mol. The van der Waals surface area contributed by atoms with Crippen molar-refractivity contribution in [3.05, 3.63) is 226 Å². The van der Waals surface area contributed by atoms with Gasteiger partial charge in [-0.2, -0.15) is 8.78 Å². The summed E-state index contributed by atoms with van der Waals surface area (Å²) >= 11 is 0. The van der Waals surface area contributed by atoms with Gasteiger partial charge in [0.2, 0.25) is 40.7 Å². The molecule has 7 aromatic rings. The molecule has 0 spiro atoms. The van der Waals surface area contributed by atoms with Crippen molar-refractivity contribution < 1.29 is 84.2 Å². The van der Waals surface area contributed by atoms with Gasteiger partial charge >= 0.3 is 30.1 Å². The molecule has 5 N–H and O–H groups in total. The molecule has 438 valence electrons. The minimum atomic E-state index is -2.51. The maximum absolute atomic E-state index is 15.0. The van der Waals surface area contributed by atoms with Crippen molar-refractivity contribution in [2.24, 2.45) is 0 Å². The molecule has 22 heteroatoms. The van der Waals surface area contributed by atoms with Gasteiger partial charge in [0, 0.05) is 19.4 Å². The number of nitrogens with one attached hydrogen (secondary N) is 4. The number of ether oxygens (including phenoxy) is 6. The molecule has 7 aromatic carbocycles. The quantitative estimate of drug-likeness (QED) is 0.00853. The van der Waals surface area contributed by atoms with Crippen LogP contribution in [0.2, 0.25) is 0 Å². The summed E-state index contributed by atoms with van der Waals surface area (Å²) in [6.45, 7) is -0.911. The summed E-state index contributed by atoms with van der Waals surface area (Å²) in [6.07, 6.45) is -4.57. The second-order valence-electron chi connectivity index (χ2n) is 18.8. The normalized spacial score (nSPS) is 12.3. The maximum atomic E-state index is 15.0. The molecule has 0 saturated heterocycles. The summed E-state index contributed by atoms with van der Waals surface area (Å²) in [6, 6.07) is 39.0. The highest BCUT2D eigenvalue weighted by Gasteiger charge is 2.33. The van der Waals surface area contributed by atoms with Gasteiger partial charge in [0.1, 0.15) is 44.3 Å². The SMILES string of the molecule is CN[C@@H](C[C@@H](O)CNC(=O)OCc1ccccc1)C(=O)N[C@@H](Cc1cc(C(=O)OC)cc(-c2ccc(OCc3ccccc3)c(C[C@H](NC(=O)OCc3ccccc3)C(=O)Oc3c(F)c(F)c(F)c(F)c3F)c2)c1)C(=O)OCc1ccccc1. The molecule has 0 bridgehead atoms. The van der Waals surface area contributed by atoms with E-state index in [-0.39, 0.29) is 79.4 Å². The number of hydrogen-bond acceptors (Lipinski definition) is 14. The summed E-state index contributed by atoms with van der Waals surface area (Å²) in [4.78, 5) is 81.4. The molecule has 17 nitrogen and oxygen atoms in total. The van der Waals surface area contributed by atoms with E-state index in [2.05, 4.69) is 21.3 Å². The van der Waals surface area contributed by atoms with E-state index >= 15 is 8.78 Å². The number of methoxy groups -OCH3 is 1. The van der Waals surface area contributed by atoms with Crippen LogP contribution in [0.4, 0.5) is 31.5 Å². The van der Waals surface area contributed by atoms with Gasteiger partial charge in [0.15, 0.2) is 0 Å². The molecule has 0 aliphatic carbocycles. The fraction of sp³-hybridized carbons (Fsp3) is 0.226. The molecule has 0 heterocycles. The number of aliphatic hydroxyl groups excluding tert-OH is 1. The number of rotatable bonds is 26. The van der Waals surface area contributed by atoms with E-state index < -0.39 is 101 Å². The van der Waals surface area contributed by atoms with Crippen LogP contribution in [-0.4, -0.2) is 86.0 Å². The maximum Gasteiger partial charge on any atom is 0.408 e. The fourth-order valence-corrected chi connectivity index (χ4v) is 8.39. The Kier molecular flexibility index (Phi) is 22.4. The predicted octanol–water partition coefficient (Wildman–Crippen LogP) is 8.89. The van der Waals surface area contributed by atoms with Crippen molar-refractivity contribution in [1.29, 1.82) is 0 Å². The predicted molar refractivity (Wildman–Crippen MR) is 293 cm³/mol. The van der Waals surface area contributed by atoms with Gasteiger partial charge in [-0.15, -0.1) is 0 Å². The smallest absolute Gasteiger partial charge is 0.408 e. The standard InChI is InChI=1S/C62H57F5N4O13/c1-68-47(31-46(72)32-69-61(77)82-35-39-19-11-5-12-20-39)57(73)70-48(59(75)81-34-38-17-9-4-10-18-38)27-41-25-43(29-45(26-41)58(74)79-2)42-23-24-50(80-33-37-15-7-3-8-16-37)44(28-42)30-49(71-62(78)83-36-40-21-13-6-14-22-40)60(76)84-56-54(66)52(64)51(63)53(65)55(56)67/h3-26,28-29,46-49,68,72H,27,30-36H2,1-2H3,(H,69,77)(H,70,73)(H,71,78)/t46-,47+,48+,49+/m1/s1. The molecule has 4 atom stereocenters. The second kappa shape index (κ2) is 30.4. The number of likely N-dealkylation sites (N-methyl/N-ethyl adjacent to an activating group) is 1. The van der Waals surface area contributed by atoms with Crippen LogP contribution in [0.3, 0.4) is 0 Å². The van der Waals surface area contributed by atoms with E-state index in [4.69, 9.17) is 28.4 Å². The van der Waals surface area contributed by atoms with Crippen molar-refractivity contribution in [1.82, 2.24) is 21.3 Å². The topological polar surface area (TPSA) is 226 Å². The lowest BCUT2D eigenvalue weighted by Gasteiger charge is -2.24. The zero-order chi connectivity index (χ0) is 60.1. The number of esters is 3. The van der Waals surface area contributed by atoms with Crippen LogP contribution in [0.15, 0.2) is 158 Å². The minimum absolute atomic E-state index is 0.0236. The van der Waals surface area contributed by atoms with Gasteiger partial charge in [-0.1, -0.05) is 133 Å². The van der Waals surface area contributed by atoms with Crippen molar-refractivity contribution in [2.75, 3.05) is 20.7 Å². The third-order valence-electron chi connectivity index (χ3n) is 12.8. The highest BCUT2D eigenvalue weighted by Crippen LogP contribution is 2.33. The van der Waals surface area contributed by atoms with Crippen LogP contribution >= 0.6 is 0 Å². The Morgan fingerprint density at radius 2 is 1.02 bits per heavy atom. The molecule has 0 saturated carbocycles. The number of alkyl carbamates (subject to hydrolysis) is 2. The van der Waals surface area contributed by atoms with Gasteiger partial charge in [-0.25, -0.2) is 37.1 Å². The number of amides is 3. The van der Waals surface area contributed by atoms with Gasteiger partial charge < -0.3 is 54.8 Å². The lowest BCUT2D eigenvalue weighted by molar-refractivity contribution is -0.149. The first-order valence-electron chi connectivity index (χ1n) is 26.0. The first kappa shape index (κ1) is 61.9. The van der Waals surface area contributed by atoms with E-state index in [1.165, 1.54) is 31.3 Å². The summed E-state index contributed by atoms with van der Waals surface area (Å²) in [5.41, 5.74) is 3.38. The first-order valence-corrected chi connectivity index (χ1v) is 26.0. The Labute approximate surface area is 479 Å². The van der Waals surface area contributed by atoms with E-state index in [0.29, 0.717) is 16.7 Å². The Morgan fingerprint density at radius 3 is 1.57 bits per heavy atom. The molecule has 0 fully saturated rings. The largest absolute Gasteiger partial charge is 0.489 e. The zero-order valence-corrected chi connectivity index (χ0v) is 45.2. The number of hydrogen-bond donors (Lipinski definition) is 5. The molecule has 0 unspecified atom stereocenters. The molecule has 0 radical (unpaired) electrons. The van der Waals surface area contributed by atoms with E-state index in [1.54, 1.807) is 127 Å². The molecule has 84 heavy (non-hydrogen) atoms. The summed E-state index contributed by atoms with van der Waals surface area (Å²) < 4.78 is 105. The third kappa shape index (κ3) is 17.7. The van der Waals surface area contributed by atoms with E-state index in [1.807, 2.05) is 6.07 Å². The Hall–Kier alpha value is -9.67. The summed E-state index contributed by atoms with van der Waals surface area (Å²) in [7, 11) is 2.58. The number of carbonyl (C=O) groups excluding carboxylic acids is 6. The molecular formula is C62H57F5N4O13. The summed E-state index contributed by atoms with van der Waals surface area (Å²) in [5, 5.41) is 21.2. The van der Waals surface area contributed by atoms with Gasteiger partial charge in [-0.3, -0.25) is 4.79 Å². The first-order chi connectivity index (χ1) is 40.5. The van der Waals surface area contributed by atoms with Gasteiger partial charge in [0.05, 0.1) is 24.8 Å². The van der Waals surface area contributed by atoms with Gasteiger partial charge in [0.25, 0.3) is 0 Å². The summed E-state index contributed by atoms with van der Waals surface area (Å²) in [5.74, 6) is -18.3. The van der Waals surface area contributed by atoms with Crippen molar-refractivity contribution in [2.45, 2.75) is 69.9 Å². The molecule has 3 amide bonds. The number of carbonyl (C=O) groups is 6. The fourth-order valence-electron chi connectivity index (χ4n) is 8.39. The van der Waals surface area contributed by atoms with Crippen LogP contribution in [0.5, 0.6) is 11.5 Å². The molecule has 0 aliphatic heterocycles. The average Bonchev–Trinajstić information content (AvgIpc) is 3.39. The second-order valence-corrected chi connectivity index (χ2v) is 18.8. The average molecular weight is 1160 g/mol. The van der Waals surface area contributed by atoms with Gasteiger partial charge in [-0.05, 0) is 82.2 Å². The molecule has 0 aliphatic rings. The van der Waals surface area contributed by atoms with Crippen LogP contribution in [0, 0.1) is 29.1 Å². The highest BCUT2D eigenvalue weighted by molar-refractivity contribution is 5.92. The molecular weight excluding hydrogens is 1100 g/mol. The Morgan fingerprint density at radius 1 is 0.512 bits per heavy atom. The number of aliphatic hydroxyl groups is 1. The Balaban J connectivity index is 1.21. The minimum Gasteiger partial charge on any atom is -0.489 e. The van der Waals surface area contributed by atoms with Crippen LogP contribution in [0.1, 0.15) is 50.2 Å². The zero-order valence-electron chi connectivity index (χ0n) is 45.2. The van der Waals surface area contributed by atoms with Crippen LogP contribution in [0.25, 0.3) is 11.1 Å². The van der Waals surface area contributed by atoms with Crippen LogP contribution < -0.4 is 30.7 Å². The highest BCUT2D eigenvalue weighted by atomic mass is 19.2. The van der Waals surface area contributed by atoms with Crippen LogP contribution in [-0.2, 0) is 72.6 Å². The lowest BCUT2D eigenvalue weighted by atomic mass is 9.94. The van der Waals surface area contributed by atoms with Crippen molar-refractivity contribution >= 4 is 36.0 Å². The van der Waals surface area contributed by atoms with E-state index in [9.17, 15) is 47.0 Å². The number of benzene rings is 7. The van der Waals surface area contributed by atoms with Crippen molar-refractivity contribution in [3.8, 4) is 22.6 Å². The lowest BCUT2D eigenvalue weighted by Crippen LogP contribution is -2.52. The van der Waals surface area contributed by atoms with E-state index in [0.717, 1.165) is 12.7 Å². The molecule has 0 aromatic heterocycles. The number of halogens is 5. The van der Waals surface area contributed by atoms with Crippen molar-refractivity contribution in [3.63, 3.8) is 0 Å². The third-order valence-corrected chi connectivity index (χ3v) is 12.8. The molecule has 7 rings (SSSR count). The Bertz CT molecular complexity index is 3380.